The fourth-order valence-electron chi connectivity index (χ4n) is 2.16. The minimum absolute atomic E-state index is 0.0234. The average molecular weight is 249 g/mol. The second kappa shape index (κ2) is 4.21. The van der Waals surface area contributed by atoms with Gasteiger partial charge in [0.2, 0.25) is 0 Å². The van der Waals surface area contributed by atoms with E-state index >= 15 is 0 Å². The average Bonchev–Trinajstić information content (AvgIpc) is 2.72. The van der Waals surface area contributed by atoms with Crippen LogP contribution in [0.15, 0.2) is 0 Å². The molecule has 2 fully saturated rings. The van der Waals surface area contributed by atoms with Crippen molar-refractivity contribution in [3.63, 3.8) is 0 Å². The molecule has 2 rings (SSSR count). The Balaban J connectivity index is 1.96. The first kappa shape index (κ1) is 11.7. The molecule has 16 heavy (non-hydrogen) atoms. The minimum Gasteiger partial charge on any atom is -0.447 e. The molecule has 0 saturated carbocycles. The van der Waals surface area contributed by atoms with Crippen LogP contribution < -0.4 is 0 Å². The van der Waals surface area contributed by atoms with E-state index in [2.05, 4.69) is 0 Å². The van der Waals surface area contributed by atoms with E-state index in [4.69, 9.17) is 9.84 Å². The van der Waals surface area contributed by atoms with Gasteiger partial charge in [-0.2, -0.15) is 0 Å². The maximum absolute atomic E-state index is 11.3. The predicted molar refractivity (Wildman–Crippen MR) is 55.7 cm³/mol. The number of aliphatic hydroxyl groups excluding tert-OH is 1. The van der Waals surface area contributed by atoms with Crippen LogP contribution in [0.5, 0.6) is 0 Å². The second-order valence-corrected chi connectivity index (χ2v) is 6.56. The number of sulfone groups is 1. The number of rotatable bonds is 3. The van der Waals surface area contributed by atoms with Crippen LogP contribution in [0.2, 0.25) is 0 Å². The van der Waals surface area contributed by atoms with Crippen molar-refractivity contribution >= 4 is 15.9 Å². The van der Waals surface area contributed by atoms with Crippen molar-refractivity contribution in [3.8, 4) is 0 Å². The lowest BCUT2D eigenvalue weighted by Crippen LogP contribution is -2.39. The number of ether oxygens (including phenoxy) is 1. The van der Waals surface area contributed by atoms with Gasteiger partial charge in [-0.1, -0.05) is 0 Å². The van der Waals surface area contributed by atoms with Gasteiger partial charge in [0.05, 0.1) is 24.2 Å². The molecule has 2 heterocycles. The molecule has 0 spiro atoms. The molecule has 2 saturated heterocycles. The van der Waals surface area contributed by atoms with Gasteiger partial charge in [-0.05, 0) is 12.3 Å². The van der Waals surface area contributed by atoms with Gasteiger partial charge in [0.1, 0.15) is 6.61 Å². The molecule has 1 N–H and O–H groups in total. The number of amides is 1. The van der Waals surface area contributed by atoms with Crippen molar-refractivity contribution in [2.75, 3.05) is 31.3 Å². The largest absolute Gasteiger partial charge is 0.447 e. The van der Waals surface area contributed by atoms with Gasteiger partial charge >= 0.3 is 6.09 Å². The summed E-state index contributed by atoms with van der Waals surface area (Å²) in [6.45, 7) is 0.406. The Morgan fingerprint density at radius 2 is 2.25 bits per heavy atom. The number of hydrogen-bond acceptors (Lipinski definition) is 5. The summed E-state index contributed by atoms with van der Waals surface area (Å²) in [5.74, 6) is 0.309. The predicted octanol–water partition coefficient (Wildman–Crippen LogP) is -0.766. The van der Waals surface area contributed by atoms with Crippen molar-refractivity contribution in [1.29, 1.82) is 0 Å². The Kier molecular flexibility index (Phi) is 3.07. The van der Waals surface area contributed by atoms with Gasteiger partial charge in [0.25, 0.3) is 0 Å². The minimum atomic E-state index is -2.92. The Labute approximate surface area is 94.1 Å². The van der Waals surface area contributed by atoms with Crippen molar-refractivity contribution in [1.82, 2.24) is 4.90 Å². The summed E-state index contributed by atoms with van der Waals surface area (Å²) in [6, 6.07) is -0.323. The van der Waals surface area contributed by atoms with Gasteiger partial charge in [0.15, 0.2) is 9.84 Å². The molecule has 0 bridgehead atoms. The first-order valence-corrected chi connectivity index (χ1v) is 7.08. The lowest BCUT2D eigenvalue weighted by Gasteiger charge is -2.22. The molecule has 0 aliphatic carbocycles. The van der Waals surface area contributed by atoms with E-state index in [0.717, 1.165) is 0 Å². The fourth-order valence-corrected chi connectivity index (χ4v) is 4.01. The molecule has 1 amide bonds. The van der Waals surface area contributed by atoms with Crippen molar-refractivity contribution < 1.29 is 23.1 Å². The van der Waals surface area contributed by atoms with Crippen LogP contribution in [0.25, 0.3) is 0 Å². The van der Waals surface area contributed by atoms with E-state index in [0.29, 0.717) is 13.0 Å². The van der Waals surface area contributed by atoms with E-state index < -0.39 is 15.9 Å². The monoisotopic (exact) mass is 249 g/mol. The third kappa shape index (κ3) is 2.30. The van der Waals surface area contributed by atoms with E-state index in [-0.39, 0.29) is 36.7 Å². The Morgan fingerprint density at radius 3 is 2.81 bits per heavy atom. The van der Waals surface area contributed by atoms with Gasteiger partial charge in [-0.3, -0.25) is 4.90 Å². The van der Waals surface area contributed by atoms with Gasteiger partial charge < -0.3 is 9.84 Å². The summed E-state index contributed by atoms with van der Waals surface area (Å²) in [5.41, 5.74) is 0. The molecular weight excluding hydrogens is 234 g/mol. The first-order chi connectivity index (χ1) is 7.52. The molecule has 7 heteroatoms. The highest BCUT2D eigenvalue weighted by Crippen LogP contribution is 2.22. The lowest BCUT2D eigenvalue weighted by atomic mass is 10.1. The summed E-state index contributed by atoms with van der Waals surface area (Å²) in [6.07, 6.45) is 0.132. The normalized spacial score (nSPS) is 33.1. The SMILES string of the molecule is O=C1OCC(CO)N1CC1CCS(=O)(=O)C1. The number of carbonyl (C=O) groups excluding carboxylic acids is 1. The number of nitrogens with zero attached hydrogens (tertiary/aromatic N) is 1. The van der Waals surface area contributed by atoms with Crippen LogP contribution in [0.3, 0.4) is 0 Å². The van der Waals surface area contributed by atoms with Crippen LogP contribution in [0, 0.1) is 5.92 Å². The fraction of sp³-hybridized carbons (Fsp3) is 0.889. The highest BCUT2D eigenvalue weighted by atomic mass is 32.2. The number of aliphatic hydroxyl groups is 1. The summed E-state index contributed by atoms with van der Waals surface area (Å²) in [5, 5.41) is 9.04. The first-order valence-electron chi connectivity index (χ1n) is 5.26. The van der Waals surface area contributed by atoms with Gasteiger partial charge in [0, 0.05) is 6.54 Å². The molecule has 0 radical (unpaired) electrons. The molecule has 2 unspecified atom stereocenters. The van der Waals surface area contributed by atoms with Gasteiger partial charge in [-0.15, -0.1) is 0 Å². The molecule has 0 aromatic carbocycles. The third-order valence-corrected chi connectivity index (χ3v) is 4.90. The quantitative estimate of drug-likeness (QED) is 0.710. The number of cyclic esters (lactones) is 1. The highest BCUT2D eigenvalue weighted by molar-refractivity contribution is 7.91. The second-order valence-electron chi connectivity index (χ2n) is 4.33. The van der Waals surface area contributed by atoms with Gasteiger partial charge in [-0.25, -0.2) is 13.2 Å². The van der Waals surface area contributed by atoms with Crippen LogP contribution in [-0.2, 0) is 14.6 Å². The zero-order valence-corrected chi connectivity index (χ0v) is 9.65. The van der Waals surface area contributed by atoms with E-state index in [1.54, 1.807) is 0 Å². The molecular formula is C9H15NO5S. The Morgan fingerprint density at radius 1 is 1.50 bits per heavy atom. The van der Waals surface area contributed by atoms with Crippen molar-refractivity contribution in [2.24, 2.45) is 5.92 Å². The van der Waals surface area contributed by atoms with E-state index in [9.17, 15) is 13.2 Å². The highest BCUT2D eigenvalue weighted by Gasteiger charge is 2.37. The van der Waals surface area contributed by atoms with E-state index in [1.165, 1.54) is 4.90 Å². The maximum Gasteiger partial charge on any atom is 0.410 e. The van der Waals surface area contributed by atoms with Crippen LogP contribution in [-0.4, -0.2) is 61.8 Å². The maximum atomic E-state index is 11.3. The topological polar surface area (TPSA) is 83.9 Å². The molecule has 2 aliphatic rings. The zero-order valence-electron chi connectivity index (χ0n) is 8.83. The molecule has 2 atom stereocenters. The van der Waals surface area contributed by atoms with Crippen molar-refractivity contribution in [3.05, 3.63) is 0 Å². The molecule has 0 aromatic heterocycles. The zero-order chi connectivity index (χ0) is 11.8. The number of hydrogen-bond donors (Lipinski definition) is 1. The van der Waals surface area contributed by atoms with E-state index in [1.807, 2.05) is 0 Å². The Hall–Kier alpha value is -0.820. The van der Waals surface area contributed by atoms with Crippen LogP contribution >= 0.6 is 0 Å². The standard InChI is InChI=1S/C9H15NO5S/c11-4-8-5-15-9(12)10(8)3-7-1-2-16(13,14)6-7/h7-8,11H,1-6H2. The molecule has 6 nitrogen and oxygen atoms in total. The Bertz CT molecular complexity index is 379. The molecule has 2 aliphatic heterocycles. The summed E-state index contributed by atoms with van der Waals surface area (Å²) < 4.78 is 27.3. The smallest absolute Gasteiger partial charge is 0.410 e. The third-order valence-electron chi connectivity index (χ3n) is 3.07. The number of carbonyl (C=O) groups is 1. The summed E-state index contributed by atoms with van der Waals surface area (Å²) in [4.78, 5) is 12.8. The van der Waals surface area contributed by atoms with Crippen molar-refractivity contribution in [2.45, 2.75) is 12.5 Å². The molecule has 0 aromatic rings. The van der Waals surface area contributed by atoms with Crippen LogP contribution in [0.4, 0.5) is 4.79 Å². The lowest BCUT2D eigenvalue weighted by molar-refractivity contribution is 0.146. The molecule has 92 valence electrons. The summed E-state index contributed by atoms with van der Waals surface area (Å²) in [7, 11) is -2.92. The van der Waals surface area contributed by atoms with Crippen LogP contribution in [0.1, 0.15) is 6.42 Å². The summed E-state index contributed by atoms with van der Waals surface area (Å²) >= 11 is 0.